The summed E-state index contributed by atoms with van der Waals surface area (Å²) < 4.78 is 0. The Kier molecular flexibility index (Phi) is 17.9. The lowest BCUT2D eigenvalue weighted by molar-refractivity contribution is -0.166. The molecule has 0 bridgehead atoms. The molecule has 0 saturated carbocycles. The highest BCUT2D eigenvalue weighted by molar-refractivity contribution is 5.93. The number of rotatable bonds is 21. The summed E-state index contributed by atoms with van der Waals surface area (Å²) in [5, 5.41) is 8.47. The van der Waals surface area contributed by atoms with E-state index in [4.69, 9.17) is 10.7 Å². The van der Waals surface area contributed by atoms with Crippen LogP contribution in [-0.4, -0.2) is 141 Å². The molecule has 4 aliphatic heterocycles. The molecule has 0 aliphatic carbocycles. The van der Waals surface area contributed by atoms with Crippen LogP contribution in [-0.2, 0) is 0 Å². The van der Waals surface area contributed by atoms with Crippen LogP contribution in [0.5, 0.6) is 0 Å². The molecule has 0 aromatic carbocycles. The predicted molar refractivity (Wildman–Crippen MR) is 258 cm³/mol. The van der Waals surface area contributed by atoms with Gasteiger partial charge in [-0.3, -0.25) is 30.5 Å². The highest BCUT2D eigenvalue weighted by atomic mass is 16.0. The van der Waals surface area contributed by atoms with Gasteiger partial charge in [0.15, 0.2) is 0 Å². The van der Waals surface area contributed by atoms with Gasteiger partial charge in [0.2, 0.25) is 0 Å². The van der Waals surface area contributed by atoms with Crippen molar-refractivity contribution in [1.29, 1.82) is 0 Å². The average Bonchev–Trinajstić information content (AvgIpc) is 3.13. The Labute approximate surface area is 371 Å². The quantitative estimate of drug-likeness (QED) is 0.0844. The van der Waals surface area contributed by atoms with E-state index >= 15 is 0 Å². The second-order valence-corrected chi connectivity index (χ2v) is 23.4. The first-order chi connectivity index (χ1) is 27.9. The van der Waals surface area contributed by atoms with Gasteiger partial charge in [-0.25, -0.2) is 5.01 Å². The Bertz CT molecular complexity index is 1290. The van der Waals surface area contributed by atoms with Crippen molar-refractivity contribution in [2.75, 3.05) is 53.9 Å². The van der Waals surface area contributed by atoms with E-state index < -0.39 is 0 Å². The van der Waals surface area contributed by atoms with Crippen LogP contribution in [0, 0.1) is 0 Å². The van der Waals surface area contributed by atoms with Crippen LogP contribution >= 0.6 is 0 Å². The maximum atomic E-state index is 5.85. The molecule has 0 radical (unpaired) electrons. The van der Waals surface area contributed by atoms with E-state index in [1.54, 1.807) is 0 Å². The highest BCUT2D eigenvalue weighted by Gasteiger charge is 2.52. The molecule has 5 N–H and O–H groups in total. The van der Waals surface area contributed by atoms with Crippen LogP contribution < -0.4 is 21.9 Å². The van der Waals surface area contributed by atoms with Crippen LogP contribution in [0.25, 0.3) is 0 Å². The molecule has 0 aromatic rings. The number of hydrogen-bond acceptors (Lipinski definition) is 10. The molecule has 11 nitrogen and oxygen atoms in total. The summed E-state index contributed by atoms with van der Waals surface area (Å²) >= 11 is 0. The fraction of sp³-hybridized carbons (Fsp3) is 0.939. The number of hydrogen-bond donors (Lipinski definition) is 4. The molecule has 0 spiro atoms. The number of hydrazine groups is 3. The normalized spacial score (nSPS) is 26.0. The van der Waals surface area contributed by atoms with Crippen LogP contribution in [0.1, 0.15) is 193 Å². The summed E-state index contributed by atoms with van der Waals surface area (Å²) in [6.45, 7) is 35.7. The van der Waals surface area contributed by atoms with Crippen molar-refractivity contribution in [1.82, 2.24) is 46.0 Å². The monoisotopic (exact) mass is 842 g/mol. The summed E-state index contributed by atoms with van der Waals surface area (Å²) in [6.07, 6.45) is 22.3. The maximum absolute atomic E-state index is 5.85. The minimum Gasteiger partial charge on any atom is -0.351 e. The SMILES string of the molecule is CCCCCCCCCCCCN(C1CC(C)(C)N(C)C(C)(C)C1)N1NC(N(C2CC(C)(C)N(C)C(C)(C)C2)C2CC(C)(C)N(C)C(C)(C)C2)=CC(=NCCNCCN)N1. The molecular weight excluding hydrogens is 743 g/mol. The van der Waals surface area contributed by atoms with Gasteiger partial charge in [-0.2, -0.15) is 0 Å². The number of nitrogens with two attached hydrogens (primary N) is 1. The van der Waals surface area contributed by atoms with E-state index in [0.717, 1.165) is 64.0 Å². The lowest BCUT2D eigenvalue weighted by atomic mass is 9.73. The lowest BCUT2D eigenvalue weighted by Gasteiger charge is -2.61. The van der Waals surface area contributed by atoms with Gasteiger partial charge in [-0.05, 0) is 149 Å². The van der Waals surface area contributed by atoms with Crippen LogP contribution in [0.2, 0.25) is 0 Å². The first kappa shape index (κ1) is 51.2. The summed E-state index contributed by atoms with van der Waals surface area (Å²) in [6, 6.07) is 1.07. The molecule has 0 unspecified atom stereocenters. The molecule has 4 aliphatic rings. The number of piperidine rings is 3. The second-order valence-electron chi connectivity index (χ2n) is 23.4. The van der Waals surface area contributed by atoms with E-state index in [2.05, 4.69) is 163 Å². The molecule has 4 rings (SSSR count). The van der Waals surface area contributed by atoms with Crippen molar-refractivity contribution in [3.05, 3.63) is 11.9 Å². The highest BCUT2D eigenvalue weighted by Crippen LogP contribution is 2.46. The third-order valence-electron chi connectivity index (χ3n) is 15.9. The Morgan fingerprint density at radius 1 is 0.600 bits per heavy atom. The van der Waals surface area contributed by atoms with Crippen LogP contribution in [0.3, 0.4) is 0 Å². The van der Waals surface area contributed by atoms with Crippen molar-refractivity contribution in [3.63, 3.8) is 0 Å². The van der Waals surface area contributed by atoms with Gasteiger partial charge in [0.25, 0.3) is 0 Å². The van der Waals surface area contributed by atoms with Gasteiger partial charge in [0.1, 0.15) is 11.7 Å². The zero-order valence-corrected chi connectivity index (χ0v) is 42.4. The number of nitrogens with one attached hydrogen (secondary N) is 3. The molecular formula is C49H99N11. The minimum absolute atomic E-state index is 0.0484. The minimum atomic E-state index is 0.0484. The van der Waals surface area contributed by atoms with Crippen LogP contribution in [0.15, 0.2) is 16.9 Å². The Hall–Kier alpha value is -1.47. The van der Waals surface area contributed by atoms with Gasteiger partial charge in [-0.1, -0.05) is 69.9 Å². The van der Waals surface area contributed by atoms with Crippen molar-refractivity contribution < 1.29 is 0 Å². The zero-order valence-electron chi connectivity index (χ0n) is 42.4. The predicted octanol–water partition coefficient (Wildman–Crippen LogP) is 8.49. The van der Waals surface area contributed by atoms with Crippen LogP contribution in [0.4, 0.5) is 0 Å². The third kappa shape index (κ3) is 13.1. The van der Waals surface area contributed by atoms with Gasteiger partial charge in [0, 0.05) is 83.6 Å². The van der Waals surface area contributed by atoms with Crippen molar-refractivity contribution in [3.8, 4) is 0 Å². The smallest absolute Gasteiger partial charge is 0.141 e. The second kappa shape index (κ2) is 21.0. The first-order valence-electron chi connectivity index (χ1n) is 24.7. The number of likely N-dealkylation sites (tertiary alicyclic amines) is 3. The molecule has 0 amide bonds. The number of unbranched alkanes of at least 4 members (excludes halogenated alkanes) is 9. The maximum Gasteiger partial charge on any atom is 0.141 e. The average molecular weight is 842 g/mol. The van der Waals surface area contributed by atoms with E-state index in [1.165, 1.54) is 70.0 Å². The van der Waals surface area contributed by atoms with E-state index in [9.17, 15) is 0 Å². The van der Waals surface area contributed by atoms with Crippen molar-refractivity contribution in [2.24, 2.45) is 10.7 Å². The van der Waals surface area contributed by atoms with Crippen molar-refractivity contribution in [2.45, 2.75) is 244 Å². The summed E-state index contributed by atoms with van der Waals surface area (Å²) in [4.78, 5) is 16.0. The Morgan fingerprint density at radius 3 is 1.42 bits per heavy atom. The zero-order chi connectivity index (χ0) is 44.7. The fourth-order valence-corrected chi connectivity index (χ4v) is 11.7. The molecule has 3 saturated heterocycles. The Balaban J connectivity index is 1.75. The van der Waals surface area contributed by atoms with Gasteiger partial charge in [0.05, 0.1) is 6.54 Å². The van der Waals surface area contributed by atoms with Gasteiger partial charge < -0.3 is 16.0 Å². The van der Waals surface area contributed by atoms with Crippen molar-refractivity contribution >= 4 is 5.84 Å². The third-order valence-corrected chi connectivity index (χ3v) is 15.9. The summed E-state index contributed by atoms with van der Waals surface area (Å²) in [5.41, 5.74) is 14.2. The summed E-state index contributed by atoms with van der Waals surface area (Å²) in [5.74, 6) is 2.12. The Morgan fingerprint density at radius 2 is 1.00 bits per heavy atom. The van der Waals surface area contributed by atoms with Gasteiger partial charge >= 0.3 is 0 Å². The first-order valence-corrected chi connectivity index (χ1v) is 24.7. The number of amidine groups is 1. The number of aliphatic imine (C=N–C) groups is 1. The number of nitrogens with zero attached hydrogens (tertiary/aromatic N) is 7. The molecule has 3 fully saturated rings. The molecule has 11 heteroatoms. The molecule has 4 heterocycles. The molecule has 60 heavy (non-hydrogen) atoms. The molecule has 0 atom stereocenters. The molecule has 350 valence electrons. The largest absolute Gasteiger partial charge is 0.351 e. The van der Waals surface area contributed by atoms with Gasteiger partial charge in [-0.15, -0.1) is 0 Å². The fourth-order valence-electron chi connectivity index (χ4n) is 11.7. The standard InChI is InChI=1S/C49H99N11/c1-17-18-19-20-21-22-23-24-25-26-31-58(39-33-44(2,3)55(14)45(4,5)34-39)60-53-42(52-30-29-51-28-27-50)32-43(54-60)59(40-35-46(6,7)56(15)47(8,9)36-40)41-37-48(10,11)57(16)49(12,13)38-41/h32,39-41,51,54H,17-31,33-38,50H2,1-16H3,(H,52,53). The summed E-state index contributed by atoms with van der Waals surface area (Å²) in [7, 11) is 7.01. The van der Waals surface area contributed by atoms with E-state index in [-0.39, 0.29) is 33.2 Å². The lowest BCUT2D eigenvalue weighted by Crippen LogP contribution is -2.72. The molecule has 0 aromatic heterocycles. The van der Waals surface area contributed by atoms with E-state index in [0.29, 0.717) is 31.2 Å². The topological polar surface area (TPSA) is 93.9 Å². The van der Waals surface area contributed by atoms with E-state index in [1.807, 2.05) is 0 Å².